The molecule has 36 heavy (non-hydrogen) atoms. The van der Waals surface area contributed by atoms with Crippen molar-refractivity contribution in [3.05, 3.63) is 82.3 Å². The van der Waals surface area contributed by atoms with Gasteiger partial charge in [0.25, 0.3) is 5.56 Å². The average Bonchev–Trinajstić information content (AvgIpc) is 3.34. The molecule has 1 aliphatic heterocycles. The molecule has 2 aromatic carbocycles. The van der Waals surface area contributed by atoms with Gasteiger partial charge < -0.3 is 15.0 Å². The molecule has 1 N–H and O–H groups in total. The van der Waals surface area contributed by atoms with Gasteiger partial charge in [0.05, 0.1) is 24.1 Å². The molecule has 0 atom stereocenters. The van der Waals surface area contributed by atoms with Crippen LogP contribution >= 0.6 is 11.3 Å². The van der Waals surface area contributed by atoms with E-state index in [2.05, 4.69) is 20.3 Å². The van der Waals surface area contributed by atoms with Crippen LogP contribution in [0.4, 0.5) is 10.5 Å². The van der Waals surface area contributed by atoms with Crippen molar-refractivity contribution in [3.63, 3.8) is 0 Å². The first kappa shape index (κ1) is 23.6. The molecule has 3 heterocycles. The van der Waals surface area contributed by atoms with E-state index >= 15 is 0 Å². The van der Waals surface area contributed by atoms with E-state index in [0.29, 0.717) is 54.6 Å². The van der Waals surface area contributed by atoms with E-state index in [-0.39, 0.29) is 11.6 Å². The standard InChI is InChI=1S/C25H24N6O4S/c1-35-23(33)19-9-5-6-10-20(19)27-24(34)30-13-11-29(12-14-30)16-18-15-21(32)31-25(26-18)36-22(28-31)17-7-3-2-4-8-17/h2-10,15H,11-14,16H2,1H3,(H,27,34). The van der Waals surface area contributed by atoms with Crippen LogP contribution in [0.3, 0.4) is 0 Å². The molecular weight excluding hydrogens is 480 g/mol. The minimum atomic E-state index is -0.507. The summed E-state index contributed by atoms with van der Waals surface area (Å²) in [6.07, 6.45) is 0. The van der Waals surface area contributed by atoms with Gasteiger partial charge in [-0.15, -0.1) is 0 Å². The number of piperazine rings is 1. The predicted molar refractivity (Wildman–Crippen MR) is 136 cm³/mol. The average molecular weight is 505 g/mol. The number of methoxy groups -OCH3 is 1. The highest BCUT2D eigenvalue weighted by atomic mass is 32.1. The number of urea groups is 1. The number of fused-ring (bicyclic) bond motifs is 1. The number of esters is 1. The number of ether oxygens (including phenoxy) is 1. The second-order valence-electron chi connectivity index (χ2n) is 8.28. The van der Waals surface area contributed by atoms with Crippen LogP contribution in [-0.2, 0) is 11.3 Å². The summed E-state index contributed by atoms with van der Waals surface area (Å²) in [6, 6.07) is 17.7. The summed E-state index contributed by atoms with van der Waals surface area (Å²) in [5, 5.41) is 7.97. The second kappa shape index (κ2) is 10.3. The summed E-state index contributed by atoms with van der Waals surface area (Å²) in [7, 11) is 1.30. The van der Waals surface area contributed by atoms with Gasteiger partial charge >= 0.3 is 12.0 Å². The third-order valence-corrected chi connectivity index (χ3v) is 6.90. The number of benzene rings is 2. The normalized spacial score (nSPS) is 14.1. The first-order valence-electron chi connectivity index (χ1n) is 11.4. The van der Waals surface area contributed by atoms with Crippen molar-refractivity contribution in [2.45, 2.75) is 6.54 Å². The van der Waals surface area contributed by atoms with Crippen molar-refractivity contribution in [3.8, 4) is 10.6 Å². The maximum atomic E-state index is 12.8. The van der Waals surface area contributed by atoms with Gasteiger partial charge in [0.2, 0.25) is 4.96 Å². The molecule has 0 unspecified atom stereocenters. The fourth-order valence-corrected chi connectivity index (χ4v) is 4.98. The highest BCUT2D eigenvalue weighted by Crippen LogP contribution is 2.24. The lowest BCUT2D eigenvalue weighted by Gasteiger charge is -2.34. The van der Waals surface area contributed by atoms with Gasteiger partial charge in [-0.1, -0.05) is 53.8 Å². The van der Waals surface area contributed by atoms with E-state index in [4.69, 9.17) is 4.74 Å². The third kappa shape index (κ3) is 4.97. The lowest BCUT2D eigenvalue weighted by Crippen LogP contribution is -2.49. The van der Waals surface area contributed by atoms with Gasteiger partial charge in [0.1, 0.15) is 5.01 Å². The van der Waals surface area contributed by atoms with E-state index in [1.165, 1.54) is 29.0 Å². The zero-order chi connectivity index (χ0) is 25.1. The molecule has 0 saturated carbocycles. The van der Waals surface area contributed by atoms with Crippen LogP contribution in [-0.4, -0.2) is 69.7 Å². The zero-order valence-corrected chi connectivity index (χ0v) is 20.4. The Hall–Kier alpha value is -4.09. The molecule has 0 aliphatic carbocycles. The number of aromatic nitrogens is 3. The molecule has 0 spiro atoms. The number of rotatable bonds is 5. The Morgan fingerprint density at radius 3 is 2.50 bits per heavy atom. The topological polar surface area (TPSA) is 109 Å². The fraction of sp³-hybridized carbons (Fsp3) is 0.240. The zero-order valence-electron chi connectivity index (χ0n) is 19.6. The molecule has 0 bridgehead atoms. The molecule has 10 nitrogen and oxygen atoms in total. The van der Waals surface area contributed by atoms with E-state index < -0.39 is 5.97 Å². The monoisotopic (exact) mass is 504 g/mol. The SMILES string of the molecule is COC(=O)c1ccccc1NC(=O)N1CCN(Cc2cc(=O)n3nc(-c4ccccc4)sc3n2)CC1. The largest absolute Gasteiger partial charge is 0.465 e. The van der Waals surface area contributed by atoms with Crippen LogP contribution in [0.2, 0.25) is 0 Å². The molecule has 2 amide bonds. The van der Waals surface area contributed by atoms with Crippen LogP contribution in [0, 0.1) is 0 Å². The number of anilines is 1. The van der Waals surface area contributed by atoms with Crippen LogP contribution in [0.1, 0.15) is 16.1 Å². The number of hydrogen-bond donors (Lipinski definition) is 1. The maximum absolute atomic E-state index is 12.8. The van der Waals surface area contributed by atoms with Crippen molar-refractivity contribution < 1.29 is 14.3 Å². The van der Waals surface area contributed by atoms with Crippen molar-refractivity contribution in [2.24, 2.45) is 0 Å². The second-order valence-corrected chi connectivity index (χ2v) is 9.24. The summed E-state index contributed by atoms with van der Waals surface area (Å²) in [6.45, 7) is 2.78. The van der Waals surface area contributed by atoms with Crippen molar-refractivity contribution in [1.82, 2.24) is 24.4 Å². The molecule has 1 aliphatic rings. The highest BCUT2D eigenvalue weighted by Gasteiger charge is 2.23. The van der Waals surface area contributed by atoms with Gasteiger partial charge in [0, 0.05) is 44.4 Å². The first-order valence-corrected chi connectivity index (χ1v) is 12.2. The quantitative estimate of drug-likeness (QED) is 0.416. The van der Waals surface area contributed by atoms with Crippen molar-refractivity contribution in [2.75, 3.05) is 38.6 Å². The number of para-hydroxylation sites is 1. The van der Waals surface area contributed by atoms with Gasteiger partial charge in [0.15, 0.2) is 0 Å². The molecule has 5 rings (SSSR count). The van der Waals surface area contributed by atoms with Crippen LogP contribution < -0.4 is 10.9 Å². The number of nitrogens with one attached hydrogen (secondary N) is 1. The lowest BCUT2D eigenvalue weighted by atomic mass is 10.2. The summed E-state index contributed by atoms with van der Waals surface area (Å²) >= 11 is 1.38. The van der Waals surface area contributed by atoms with Crippen LogP contribution in [0.5, 0.6) is 0 Å². The molecule has 2 aromatic heterocycles. The summed E-state index contributed by atoms with van der Waals surface area (Å²) in [4.78, 5) is 46.5. The lowest BCUT2D eigenvalue weighted by molar-refractivity contribution is 0.0602. The summed E-state index contributed by atoms with van der Waals surface area (Å²) < 4.78 is 6.13. The van der Waals surface area contributed by atoms with Crippen molar-refractivity contribution >= 4 is 34.0 Å². The molecule has 11 heteroatoms. The molecule has 184 valence electrons. The fourth-order valence-electron chi connectivity index (χ4n) is 4.05. The minimum Gasteiger partial charge on any atom is -0.465 e. The third-order valence-electron chi connectivity index (χ3n) is 5.94. The number of nitrogens with zero attached hydrogens (tertiary/aromatic N) is 5. The molecule has 1 fully saturated rings. The smallest absolute Gasteiger partial charge is 0.339 e. The Labute approximate surface area is 210 Å². The Balaban J connectivity index is 1.22. The van der Waals surface area contributed by atoms with Crippen molar-refractivity contribution in [1.29, 1.82) is 0 Å². The maximum Gasteiger partial charge on any atom is 0.339 e. The number of hydrogen-bond acceptors (Lipinski definition) is 8. The first-order chi connectivity index (χ1) is 17.5. The number of carbonyl (C=O) groups is 2. The molecule has 0 radical (unpaired) electrons. The minimum absolute atomic E-state index is 0.212. The molecule has 1 saturated heterocycles. The van der Waals surface area contributed by atoms with Crippen LogP contribution in [0.25, 0.3) is 15.5 Å². The van der Waals surface area contributed by atoms with Gasteiger partial charge in [-0.05, 0) is 12.1 Å². The highest BCUT2D eigenvalue weighted by molar-refractivity contribution is 7.19. The Morgan fingerprint density at radius 1 is 1.03 bits per heavy atom. The number of carbonyl (C=O) groups excluding carboxylic acids is 2. The summed E-state index contributed by atoms with van der Waals surface area (Å²) in [5.74, 6) is -0.507. The number of amides is 2. The Kier molecular flexibility index (Phi) is 6.74. The van der Waals surface area contributed by atoms with Crippen LogP contribution in [0.15, 0.2) is 65.5 Å². The van der Waals surface area contributed by atoms with Gasteiger partial charge in [-0.2, -0.15) is 9.61 Å². The molecular formula is C25H24N6O4S. The van der Waals surface area contributed by atoms with E-state index in [9.17, 15) is 14.4 Å². The Morgan fingerprint density at radius 2 is 1.75 bits per heavy atom. The Bertz CT molecular complexity index is 1460. The van der Waals surface area contributed by atoms with Gasteiger partial charge in [-0.3, -0.25) is 9.69 Å². The van der Waals surface area contributed by atoms with E-state index in [1.54, 1.807) is 29.2 Å². The van der Waals surface area contributed by atoms with Gasteiger partial charge in [-0.25, -0.2) is 14.6 Å². The van der Waals surface area contributed by atoms with E-state index in [1.807, 2.05) is 30.3 Å². The molecule has 4 aromatic rings. The van der Waals surface area contributed by atoms with E-state index in [0.717, 1.165) is 10.6 Å². The predicted octanol–water partition coefficient (Wildman–Crippen LogP) is 2.95. The summed E-state index contributed by atoms with van der Waals surface area (Å²) in [5.41, 5.74) is 2.12.